The van der Waals surface area contributed by atoms with E-state index >= 15 is 0 Å². The lowest BCUT2D eigenvalue weighted by Crippen LogP contribution is -2.32. The average molecular weight is 376 g/mol. The number of rotatable bonds is 5. The fourth-order valence-electron chi connectivity index (χ4n) is 2.28. The third kappa shape index (κ3) is 4.98. The molecule has 2 N–H and O–H groups in total. The van der Waals surface area contributed by atoms with Gasteiger partial charge in [-0.3, -0.25) is 4.98 Å². The lowest BCUT2D eigenvalue weighted by atomic mass is 10.2. The Morgan fingerprint density at radius 2 is 1.88 bits per heavy atom. The number of amides is 2. The van der Waals surface area contributed by atoms with Crippen LogP contribution >= 0.6 is 23.2 Å². The highest BCUT2D eigenvalue weighted by Gasteiger charge is 2.04. The number of anilines is 1. The lowest BCUT2D eigenvalue weighted by Gasteiger charge is -2.10. The quantitative estimate of drug-likeness (QED) is 0.632. The third-order valence-electron chi connectivity index (χ3n) is 3.35. The molecule has 1 heterocycles. The summed E-state index contributed by atoms with van der Waals surface area (Å²) in [6.07, 6.45) is 1.75. The van der Waals surface area contributed by atoms with Crippen molar-refractivity contribution in [3.05, 3.63) is 64.8 Å². The molecule has 0 radical (unpaired) electrons. The maximum absolute atomic E-state index is 11.8. The third-order valence-corrected chi connectivity index (χ3v) is 3.79. The van der Waals surface area contributed by atoms with E-state index in [4.69, 9.17) is 27.9 Å². The highest BCUT2D eigenvalue weighted by atomic mass is 35.5. The fourth-order valence-corrected chi connectivity index (χ4v) is 2.80. The minimum absolute atomic E-state index is 0.343. The van der Waals surface area contributed by atoms with Gasteiger partial charge in [-0.25, -0.2) is 4.79 Å². The van der Waals surface area contributed by atoms with Crippen LogP contribution in [0.15, 0.2) is 54.7 Å². The molecule has 0 saturated heterocycles. The molecule has 0 fully saturated rings. The number of ether oxygens (including phenoxy) is 1. The first-order valence-electron chi connectivity index (χ1n) is 7.59. The molecule has 0 bridgehead atoms. The summed E-state index contributed by atoms with van der Waals surface area (Å²) in [5, 5.41) is 7.28. The van der Waals surface area contributed by atoms with E-state index in [1.165, 1.54) is 0 Å². The van der Waals surface area contributed by atoms with E-state index in [0.717, 1.165) is 16.7 Å². The van der Waals surface area contributed by atoms with Crippen LogP contribution in [0.5, 0.6) is 5.75 Å². The summed E-state index contributed by atoms with van der Waals surface area (Å²) in [5.41, 5.74) is 1.44. The van der Waals surface area contributed by atoms with Gasteiger partial charge in [-0.15, -0.1) is 0 Å². The summed E-state index contributed by atoms with van der Waals surface area (Å²) in [7, 11) is 0. The van der Waals surface area contributed by atoms with Crippen molar-refractivity contribution in [2.75, 3.05) is 18.5 Å². The Morgan fingerprint density at radius 1 is 1.08 bits per heavy atom. The zero-order chi connectivity index (χ0) is 17.6. The predicted octanol–water partition coefficient (Wildman–Crippen LogP) is 4.74. The van der Waals surface area contributed by atoms with Crippen LogP contribution in [0.4, 0.5) is 10.5 Å². The molecule has 3 aromatic rings. The van der Waals surface area contributed by atoms with E-state index in [-0.39, 0.29) is 6.03 Å². The lowest BCUT2D eigenvalue weighted by molar-refractivity contribution is 0.247. The topological polar surface area (TPSA) is 63.2 Å². The number of fused-ring (bicyclic) bond motifs is 1. The second kappa shape index (κ2) is 8.05. The van der Waals surface area contributed by atoms with E-state index in [2.05, 4.69) is 15.6 Å². The number of benzene rings is 2. The van der Waals surface area contributed by atoms with Gasteiger partial charge in [-0.2, -0.15) is 0 Å². The molecule has 5 nitrogen and oxygen atoms in total. The van der Waals surface area contributed by atoms with Crippen molar-refractivity contribution in [1.82, 2.24) is 10.3 Å². The van der Waals surface area contributed by atoms with Gasteiger partial charge in [-0.1, -0.05) is 29.3 Å². The number of carbonyl (C=O) groups is 1. The van der Waals surface area contributed by atoms with Gasteiger partial charge in [0.25, 0.3) is 0 Å². The Hall–Kier alpha value is -2.50. The Balaban J connectivity index is 1.46. The van der Waals surface area contributed by atoms with Crippen LogP contribution in [-0.2, 0) is 0 Å². The summed E-state index contributed by atoms with van der Waals surface area (Å²) >= 11 is 11.8. The number of hydrogen-bond acceptors (Lipinski definition) is 3. The Kier molecular flexibility index (Phi) is 5.58. The second-order valence-corrected chi connectivity index (χ2v) is 6.12. The van der Waals surface area contributed by atoms with Crippen molar-refractivity contribution >= 4 is 45.8 Å². The maximum atomic E-state index is 11.8. The number of urea groups is 1. The molecule has 2 amide bonds. The van der Waals surface area contributed by atoms with E-state index in [1.807, 2.05) is 30.3 Å². The van der Waals surface area contributed by atoms with Crippen LogP contribution in [0.25, 0.3) is 10.9 Å². The molecule has 0 aliphatic carbocycles. The van der Waals surface area contributed by atoms with Crippen molar-refractivity contribution in [2.45, 2.75) is 0 Å². The van der Waals surface area contributed by atoms with Crippen LogP contribution in [0.2, 0.25) is 10.0 Å². The smallest absolute Gasteiger partial charge is 0.319 e. The highest BCUT2D eigenvalue weighted by molar-refractivity contribution is 6.35. The summed E-state index contributed by atoms with van der Waals surface area (Å²) in [4.78, 5) is 16.1. The summed E-state index contributed by atoms with van der Waals surface area (Å²) < 4.78 is 5.64. The minimum Gasteiger partial charge on any atom is -0.492 e. The summed E-state index contributed by atoms with van der Waals surface area (Å²) in [5.74, 6) is 0.726. The average Bonchev–Trinajstić information content (AvgIpc) is 2.57. The molecule has 128 valence electrons. The number of nitrogens with one attached hydrogen (secondary N) is 2. The molecule has 0 spiro atoms. The minimum atomic E-state index is -0.357. The van der Waals surface area contributed by atoms with Gasteiger partial charge in [0.1, 0.15) is 12.4 Å². The van der Waals surface area contributed by atoms with Crippen LogP contribution < -0.4 is 15.4 Å². The predicted molar refractivity (Wildman–Crippen MR) is 101 cm³/mol. The number of aromatic nitrogens is 1. The van der Waals surface area contributed by atoms with E-state index in [9.17, 15) is 4.79 Å². The van der Waals surface area contributed by atoms with E-state index in [0.29, 0.717) is 28.9 Å². The van der Waals surface area contributed by atoms with Gasteiger partial charge >= 0.3 is 6.03 Å². The number of hydrogen-bond donors (Lipinski definition) is 2. The van der Waals surface area contributed by atoms with Gasteiger partial charge < -0.3 is 15.4 Å². The Bertz CT molecular complexity index is 882. The monoisotopic (exact) mass is 375 g/mol. The largest absolute Gasteiger partial charge is 0.492 e. The molecule has 0 saturated carbocycles. The van der Waals surface area contributed by atoms with Gasteiger partial charge in [0.15, 0.2) is 0 Å². The molecule has 2 aromatic carbocycles. The molecule has 0 aliphatic heterocycles. The van der Waals surface area contributed by atoms with Crippen molar-refractivity contribution in [2.24, 2.45) is 0 Å². The van der Waals surface area contributed by atoms with Crippen LogP contribution in [-0.4, -0.2) is 24.2 Å². The summed E-state index contributed by atoms with van der Waals surface area (Å²) in [6.45, 7) is 0.695. The van der Waals surface area contributed by atoms with Crippen molar-refractivity contribution in [3.8, 4) is 5.75 Å². The molecule has 1 aromatic heterocycles. The maximum Gasteiger partial charge on any atom is 0.319 e. The molecule has 0 unspecified atom stereocenters. The molecular formula is C18H15Cl2N3O2. The number of carbonyl (C=O) groups excluding carboxylic acids is 1. The molecule has 7 heteroatoms. The van der Waals surface area contributed by atoms with Crippen LogP contribution in [0, 0.1) is 0 Å². The highest BCUT2D eigenvalue weighted by Crippen LogP contribution is 2.22. The molecule has 0 atom stereocenters. The molecule has 25 heavy (non-hydrogen) atoms. The molecule has 3 rings (SSSR count). The Labute approximate surface area is 154 Å². The zero-order valence-corrected chi connectivity index (χ0v) is 14.6. The zero-order valence-electron chi connectivity index (χ0n) is 13.1. The van der Waals surface area contributed by atoms with Gasteiger partial charge in [0.2, 0.25) is 0 Å². The molecule has 0 aliphatic rings. The SMILES string of the molecule is O=C(NCCOc1ccc2ncccc2c1)Nc1cc(Cl)cc(Cl)c1. The van der Waals surface area contributed by atoms with E-state index in [1.54, 1.807) is 24.4 Å². The molecular weight excluding hydrogens is 361 g/mol. The fraction of sp³-hybridized carbons (Fsp3) is 0.111. The second-order valence-electron chi connectivity index (χ2n) is 5.25. The Morgan fingerprint density at radius 3 is 2.68 bits per heavy atom. The van der Waals surface area contributed by atoms with Crippen molar-refractivity contribution in [3.63, 3.8) is 0 Å². The number of pyridine rings is 1. The first kappa shape index (κ1) is 17.3. The number of nitrogens with zero attached hydrogens (tertiary/aromatic N) is 1. The van der Waals surface area contributed by atoms with Gasteiger partial charge in [-0.05, 0) is 42.5 Å². The van der Waals surface area contributed by atoms with E-state index < -0.39 is 0 Å². The van der Waals surface area contributed by atoms with Gasteiger partial charge in [0, 0.05) is 27.3 Å². The van der Waals surface area contributed by atoms with Crippen LogP contribution in [0.3, 0.4) is 0 Å². The normalized spacial score (nSPS) is 10.5. The first-order chi connectivity index (χ1) is 12.1. The van der Waals surface area contributed by atoms with Crippen molar-refractivity contribution in [1.29, 1.82) is 0 Å². The van der Waals surface area contributed by atoms with Gasteiger partial charge in [0.05, 0.1) is 12.1 Å². The van der Waals surface area contributed by atoms with Crippen molar-refractivity contribution < 1.29 is 9.53 Å². The summed E-state index contributed by atoms with van der Waals surface area (Å²) in [6, 6.07) is 14.0. The van der Waals surface area contributed by atoms with Crippen LogP contribution in [0.1, 0.15) is 0 Å². The number of halogens is 2. The standard InChI is InChI=1S/C18H15Cl2N3O2/c19-13-9-14(20)11-15(10-13)23-18(24)22-6-7-25-16-3-4-17-12(8-16)2-1-5-21-17/h1-5,8-11H,6-7H2,(H2,22,23,24). The first-order valence-corrected chi connectivity index (χ1v) is 8.34.